The zero-order chi connectivity index (χ0) is 12.7. The van der Waals surface area contributed by atoms with Crippen molar-refractivity contribution in [3.63, 3.8) is 0 Å². The first-order valence-electron chi connectivity index (χ1n) is 5.84. The van der Waals surface area contributed by atoms with Crippen molar-refractivity contribution >= 4 is 27.5 Å². The molecule has 0 bridgehead atoms. The summed E-state index contributed by atoms with van der Waals surface area (Å²) in [7, 11) is 3.96. The van der Waals surface area contributed by atoms with Gasteiger partial charge in [-0.05, 0) is 36.4 Å². The SMILES string of the molecule is CNc1ccc2c(c1)c1cc(C#N)ccc1n2C. The van der Waals surface area contributed by atoms with E-state index in [2.05, 4.69) is 41.2 Å². The molecule has 3 nitrogen and oxygen atoms in total. The van der Waals surface area contributed by atoms with Crippen LogP contribution in [0.25, 0.3) is 21.8 Å². The summed E-state index contributed by atoms with van der Waals surface area (Å²) in [5.41, 5.74) is 4.11. The maximum absolute atomic E-state index is 9.01. The van der Waals surface area contributed by atoms with Crippen LogP contribution < -0.4 is 5.32 Å². The van der Waals surface area contributed by atoms with E-state index in [-0.39, 0.29) is 0 Å². The monoisotopic (exact) mass is 235 g/mol. The van der Waals surface area contributed by atoms with Gasteiger partial charge in [0.1, 0.15) is 0 Å². The molecular formula is C15H13N3. The van der Waals surface area contributed by atoms with Crippen LogP contribution in [0.15, 0.2) is 36.4 Å². The Balaban J connectivity index is 2.49. The van der Waals surface area contributed by atoms with Gasteiger partial charge in [0.15, 0.2) is 0 Å². The van der Waals surface area contributed by atoms with Gasteiger partial charge in [-0.1, -0.05) is 0 Å². The molecule has 0 amide bonds. The van der Waals surface area contributed by atoms with Crippen LogP contribution in [0.4, 0.5) is 5.69 Å². The molecule has 0 unspecified atom stereocenters. The summed E-state index contributed by atoms with van der Waals surface area (Å²) in [5, 5.41) is 14.5. The van der Waals surface area contributed by atoms with Crippen LogP contribution >= 0.6 is 0 Å². The minimum atomic E-state index is 0.699. The number of aromatic nitrogens is 1. The number of hydrogen-bond acceptors (Lipinski definition) is 2. The third-order valence-corrected chi connectivity index (χ3v) is 3.42. The summed E-state index contributed by atoms with van der Waals surface area (Å²) in [6.45, 7) is 0. The van der Waals surface area contributed by atoms with Gasteiger partial charge in [0.05, 0.1) is 11.6 Å². The average molecular weight is 235 g/mol. The maximum atomic E-state index is 9.01. The normalized spacial score (nSPS) is 10.7. The minimum Gasteiger partial charge on any atom is -0.388 e. The summed E-state index contributed by atoms with van der Waals surface area (Å²) >= 11 is 0. The fraction of sp³-hybridized carbons (Fsp3) is 0.133. The minimum absolute atomic E-state index is 0.699. The first-order valence-corrected chi connectivity index (χ1v) is 5.84. The molecule has 0 fully saturated rings. The largest absolute Gasteiger partial charge is 0.388 e. The Morgan fingerprint density at radius 3 is 2.39 bits per heavy atom. The van der Waals surface area contributed by atoms with Crippen molar-refractivity contribution in [2.45, 2.75) is 0 Å². The van der Waals surface area contributed by atoms with Crippen LogP contribution in [0.3, 0.4) is 0 Å². The fourth-order valence-corrected chi connectivity index (χ4v) is 2.44. The van der Waals surface area contributed by atoms with E-state index in [1.54, 1.807) is 0 Å². The van der Waals surface area contributed by atoms with Crippen LogP contribution in [0.5, 0.6) is 0 Å². The number of aryl methyl sites for hydroxylation is 1. The molecule has 1 aromatic heterocycles. The van der Waals surface area contributed by atoms with Crippen LogP contribution in [0, 0.1) is 11.3 Å². The quantitative estimate of drug-likeness (QED) is 0.703. The summed E-state index contributed by atoms with van der Waals surface area (Å²) in [6, 6.07) is 14.3. The maximum Gasteiger partial charge on any atom is 0.0991 e. The number of anilines is 1. The van der Waals surface area contributed by atoms with Gasteiger partial charge < -0.3 is 9.88 Å². The molecule has 1 heterocycles. The molecule has 3 heteroatoms. The van der Waals surface area contributed by atoms with E-state index in [9.17, 15) is 0 Å². The Bertz CT molecular complexity index is 791. The van der Waals surface area contributed by atoms with Crippen LogP contribution in [0.1, 0.15) is 5.56 Å². The Morgan fingerprint density at radius 1 is 1.06 bits per heavy atom. The van der Waals surface area contributed by atoms with Crippen molar-refractivity contribution in [3.8, 4) is 6.07 Å². The molecule has 0 aliphatic heterocycles. The van der Waals surface area contributed by atoms with E-state index in [0.29, 0.717) is 5.56 Å². The standard InChI is InChI=1S/C15H13N3/c1-17-11-4-6-15-13(8-11)12-7-10(9-16)3-5-14(12)18(15)2/h3-8,17H,1-2H3. The molecule has 1 N–H and O–H groups in total. The summed E-state index contributed by atoms with van der Waals surface area (Å²) < 4.78 is 2.16. The first-order chi connectivity index (χ1) is 8.74. The van der Waals surface area contributed by atoms with E-state index < -0.39 is 0 Å². The van der Waals surface area contributed by atoms with E-state index in [1.165, 1.54) is 10.9 Å². The lowest BCUT2D eigenvalue weighted by atomic mass is 10.1. The Labute approximate surface area is 105 Å². The van der Waals surface area contributed by atoms with Crippen molar-refractivity contribution in [2.24, 2.45) is 7.05 Å². The Morgan fingerprint density at radius 2 is 1.72 bits per heavy atom. The number of rotatable bonds is 1. The lowest BCUT2D eigenvalue weighted by Gasteiger charge is -2.00. The Kier molecular flexibility index (Phi) is 2.24. The lowest BCUT2D eigenvalue weighted by Crippen LogP contribution is -1.88. The third kappa shape index (κ3) is 1.36. The van der Waals surface area contributed by atoms with Crippen LogP contribution in [-0.4, -0.2) is 11.6 Å². The summed E-state index contributed by atoms with van der Waals surface area (Å²) in [5.74, 6) is 0. The second-order valence-electron chi connectivity index (χ2n) is 4.38. The van der Waals surface area contributed by atoms with E-state index >= 15 is 0 Å². The highest BCUT2D eigenvalue weighted by molar-refractivity contribution is 6.09. The van der Waals surface area contributed by atoms with Crippen molar-refractivity contribution in [3.05, 3.63) is 42.0 Å². The molecule has 88 valence electrons. The number of nitrogens with zero attached hydrogens (tertiary/aromatic N) is 2. The Hall–Kier alpha value is -2.47. The van der Waals surface area contributed by atoms with Gasteiger partial charge in [0.2, 0.25) is 0 Å². The summed E-state index contributed by atoms with van der Waals surface area (Å²) in [6.07, 6.45) is 0. The van der Waals surface area contributed by atoms with Gasteiger partial charge in [-0.2, -0.15) is 5.26 Å². The molecule has 0 saturated carbocycles. The average Bonchev–Trinajstić information content (AvgIpc) is 2.71. The predicted molar refractivity (Wildman–Crippen MR) is 74.7 cm³/mol. The van der Waals surface area contributed by atoms with Crippen LogP contribution in [-0.2, 0) is 7.05 Å². The third-order valence-electron chi connectivity index (χ3n) is 3.42. The highest BCUT2D eigenvalue weighted by atomic mass is 14.9. The number of nitrogens with one attached hydrogen (secondary N) is 1. The molecule has 3 aromatic rings. The summed E-state index contributed by atoms with van der Waals surface area (Å²) in [4.78, 5) is 0. The molecule has 0 saturated heterocycles. The molecule has 0 atom stereocenters. The van der Waals surface area contributed by atoms with E-state index in [4.69, 9.17) is 5.26 Å². The molecule has 2 aromatic carbocycles. The van der Waals surface area contributed by atoms with Crippen molar-refractivity contribution < 1.29 is 0 Å². The van der Waals surface area contributed by atoms with Gasteiger partial charge in [0, 0.05) is 41.6 Å². The van der Waals surface area contributed by atoms with Gasteiger partial charge in [-0.25, -0.2) is 0 Å². The predicted octanol–water partition coefficient (Wildman–Crippen LogP) is 3.24. The first kappa shape index (κ1) is 10.7. The second kappa shape index (κ2) is 3.78. The number of fused-ring (bicyclic) bond motifs is 3. The van der Waals surface area contributed by atoms with E-state index in [1.807, 2.05) is 25.2 Å². The lowest BCUT2D eigenvalue weighted by molar-refractivity contribution is 1.01. The van der Waals surface area contributed by atoms with Crippen molar-refractivity contribution in [1.29, 1.82) is 5.26 Å². The fourth-order valence-electron chi connectivity index (χ4n) is 2.44. The zero-order valence-corrected chi connectivity index (χ0v) is 10.4. The molecule has 0 radical (unpaired) electrons. The van der Waals surface area contributed by atoms with Gasteiger partial charge in [-0.15, -0.1) is 0 Å². The highest BCUT2D eigenvalue weighted by Gasteiger charge is 2.09. The van der Waals surface area contributed by atoms with Crippen LogP contribution in [0.2, 0.25) is 0 Å². The second-order valence-corrected chi connectivity index (χ2v) is 4.38. The zero-order valence-electron chi connectivity index (χ0n) is 10.4. The molecule has 0 aliphatic rings. The molecular weight excluding hydrogens is 222 g/mol. The molecule has 0 spiro atoms. The number of benzene rings is 2. The van der Waals surface area contributed by atoms with Crippen molar-refractivity contribution in [2.75, 3.05) is 12.4 Å². The van der Waals surface area contributed by atoms with Gasteiger partial charge >= 0.3 is 0 Å². The topological polar surface area (TPSA) is 40.8 Å². The molecule has 3 rings (SSSR count). The molecule has 0 aliphatic carbocycles. The highest BCUT2D eigenvalue weighted by Crippen LogP contribution is 2.30. The smallest absolute Gasteiger partial charge is 0.0991 e. The van der Waals surface area contributed by atoms with E-state index in [0.717, 1.165) is 16.6 Å². The number of nitriles is 1. The van der Waals surface area contributed by atoms with Crippen molar-refractivity contribution in [1.82, 2.24) is 4.57 Å². The number of hydrogen-bond donors (Lipinski definition) is 1. The molecule has 18 heavy (non-hydrogen) atoms. The van der Waals surface area contributed by atoms with Gasteiger partial charge in [0.25, 0.3) is 0 Å². The van der Waals surface area contributed by atoms with Gasteiger partial charge in [-0.3, -0.25) is 0 Å².